The summed E-state index contributed by atoms with van der Waals surface area (Å²) in [5, 5.41) is 12.1. The first kappa shape index (κ1) is 18.7. The fourth-order valence-electron chi connectivity index (χ4n) is 3.39. The number of hydrogen-bond donors (Lipinski definition) is 1. The van der Waals surface area contributed by atoms with E-state index in [4.69, 9.17) is 0 Å². The Morgan fingerprint density at radius 3 is 2.41 bits per heavy atom. The lowest BCUT2D eigenvalue weighted by atomic mass is 10.1. The zero-order valence-electron chi connectivity index (χ0n) is 15.6. The first-order chi connectivity index (χ1) is 13.0. The summed E-state index contributed by atoms with van der Waals surface area (Å²) in [7, 11) is 0. The number of halogens is 1. The van der Waals surface area contributed by atoms with E-state index in [2.05, 4.69) is 5.32 Å². The highest BCUT2D eigenvalue weighted by Gasteiger charge is 2.16. The molecule has 0 bridgehead atoms. The van der Waals surface area contributed by atoms with Gasteiger partial charge in [0.1, 0.15) is 17.5 Å². The summed E-state index contributed by atoms with van der Waals surface area (Å²) in [6.07, 6.45) is 3.55. The third kappa shape index (κ3) is 4.53. The number of rotatable bonds is 4. The van der Waals surface area contributed by atoms with Gasteiger partial charge in [0.15, 0.2) is 0 Å². The number of carbonyl (C=O) groups is 1. The highest BCUT2D eigenvalue weighted by atomic mass is 19.1. The highest BCUT2D eigenvalue weighted by Crippen LogP contribution is 2.25. The van der Waals surface area contributed by atoms with E-state index in [1.807, 2.05) is 43.0 Å². The Hall–Kier alpha value is -3.13. The van der Waals surface area contributed by atoms with Crippen LogP contribution in [0, 0.1) is 31.0 Å². The number of hydrogen-bond acceptors (Lipinski definition) is 3. The highest BCUT2D eigenvalue weighted by molar-refractivity contribution is 6.09. The SMILES string of the molecule is Cc1cc(C)cc(NC(=O)C(C#N)=Cc2ccc(N3CCCC3)c(F)c2)c1. The minimum Gasteiger partial charge on any atom is -0.369 e. The number of nitriles is 1. The molecule has 2 aromatic rings. The van der Waals surface area contributed by atoms with E-state index in [1.165, 1.54) is 12.1 Å². The molecule has 1 aliphatic rings. The van der Waals surface area contributed by atoms with Crippen molar-refractivity contribution in [1.82, 2.24) is 0 Å². The summed E-state index contributed by atoms with van der Waals surface area (Å²) in [6.45, 7) is 5.59. The van der Waals surface area contributed by atoms with Gasteiger partial charge in [0.05, 0.1) is 5.69 Å². The van der Waals surface area contributed by atoms with E-state index in [0.717, 1.165) is 37.1 Å². The molecule has 0 radical (unpaired) electrons. The molecule has 0 saturated carbocycles. The summed E-state index contributed by atoms with van der Waals surface area (Å²) in [4.78, 5) is 14.4. The van der Waals surface area contributed by atoms with Crippen LogP contribution < -0.4 is 10.2 Å². The zero-order valence-corrected chi connectivity index (χ0v) is 15.6. The lowest BCUT2D eigenvalue weighted by molar-refractivity contribution is -0.112. The normalized spacial score (nSPS) is 14.1. The quantitative estimate of drug-likeness (QED) is 0.638. The maximum Gasteiger partial charge on any atom is 0.266 e. The second-order valence-corrected chi connectivity index (χ2v) is 6.91. The van der Waals surface area contributed by atoms with Crippen LogP contribution in [0.5, 0.6) is 0 Å². The number of nitrogens with one attached hydrogen (secondary N) is 1. The topological polar surface area (TPSA) is 56.1 Å². The maximum atomic E-state index is 14.4. The standard InChI is InChI=1S/C22H22FN3O/c1-15-9-16(2)11-19(10-15)25-22(27)18(14-24)12-17-5-6-21(20(23)13-17)26-7-3-4-8-26/h5-6,9-13H,3-4,7-8H2,1-2H3,(H,25,27). The Labute approximate surface area is 158 Å². The summed E-state index contributed by atoms with van der Waals surface area (Å²) in [5.74, 6) is -0.843. The van der Waals surface area contributed by atoms with Gasteiger partial charge in [-0.2, -0.15) is 5.26 Å². The lowest BCUT2D eigenvalue weighted by Gasteiger charge is -2.18. The van der Waals surface area contributed by atoms with Crippen molar-refractivity contribution in [2.45, 2.75) is 26.7 Å². The van der Waals surface area contributed by atoms with Crippen LogP contribution in [0.25, 0.3) is 6.08 Å². The van der Waals surface area contributed by atoms with Crippen LogP contribution in [0.3, 0.4) is 0 Å². The maximum absolute atomic E-state index is 14.4. The summed E-state index contributed by atoms with van der Waals surface area (Å²) < 4.78 is 14.4. The summed E-state index contributed by atoms with van der Waals surface area (Å²) in [6, 6.07) is 12.4. The first-order valence-corrected chi connectivity index (χ1v) is 9.02. The molecule has 27 heavy (non-hydrogen) atoms. The Morgan fingerprint density at radius 1 is 1.15 bits per heavy atom. The van der Waals surface area contributed by atoms with E-state index in [0.29, 0.717) is 16.9 Å². The van der Waals surface area contributed by atoms with Gasteiger partial charge in [-0.25, -0.2) is 4.39 Å². The number of carbonyl (C=O) groups excluding carboxylic acids is 1. The molecule has 1 saturated heterocycles. The molecule has 0 aliphatic carbocycles. The van der Waals surface area contributed by atoms with E-state index < -0.39 is 5.91 Å². The molecular formula is C22H22FN3O. The molecule has 1 aliphatic heterocycles. The van der Waals surface area contributed by atoms with E-state index >= 15 is 0 Å². The number of nitrogens with zero attached hydrogens (tertiary/aromatic N) is 2. The number of amides is 1. The molecule has 0 spiro atoms. The molecule has 2 aromatic carbocycles. The van der Waals surface area contributed by atoms with Crippen LogP contribution >= 0.6 is 0 Å². The molecule has 0 aromatic heterocycles. The second-order valence-electron chi connectivity index (χ2n) is 6.91. The van der Waals surface area contributed by atoms with E-state index in [9.17, 15) is 14.4 Å². The molecular weight excluding hydrogens is 341 g/mol. The molecule has 1 heterocycles. The van der Waals surface area contributed by atoms with Gasteiger partial charge in [0, 0.05) is 18.8 Å². The molecule has 1 N–H and O–H groups in total. The Bertz CT molecular complexity index is 917. The van der Waals surface area contributed by atoms with Gasteiger partial charge in [-0.15, -0.1) is 0 Å². The van der Waals surface area contributed by atoms with Crippen molar-refractivity contribution in [3.8, 4) is 6.07 Å². The van der Waals surface area contributed by atoms with Gasteiger partial charge in [0.25, 0.3) is 5.91 Å². The molecule has 1 amide bonds. The van der Waals surface area contributed by atoms with Crippen LogP contribution in [0.1, 0.15) is 29.5 Å². The Morgan fingerprint density at radius 2 is 1.81 bits per heavy atom. The minimum atomic E-state index is -0.508. The number of aryl methyl sites for hydroxylation is 2. The molecule has 3 rings (SSSR count). The second kappa shape index (κ2) is 8.05. The third-order valence-corrected chi connectivity index (χ3v) is 4.57. The molecule has 138 valence electrons. The Kier molecular flexibility index (Phi) is 5.56. The van der Waals surface area contributed by atoms with Crippen molar-refractivity contribution in [1.29, 1.82) is 5.26 Å². The number of anilines is 2. The van der Waals surface area contributed by atoms with Crippen molar-refractivity contribution in [2.24, 2.45) is 0 Å². The van der Waals surface area contributed by atoms with Crippen molar-refractivity contribution in [3.05, 3.63) is 64.5 Å². The molecule has 4 nitrogen and oxygen atoms in total. The summed E-state index contributed by atoms with van der Waals surface area (Å²) >= 11 is 0. The van der Waals surface area contributed by atoms with Crippen molar-refractivity contribution < 1.29 is 9.18 Å². The van der Waals surface area contributed by atoms with Gasteiger partial charge in [-0.3, -0.25) is 4.79 Å². The van der Waals surface area contributed by atoms with Gasteiger partial charge < -0.3 is 10.2 Å². The van der Waals surface area contributed by atoms with E-state index in [-0.39, 0.29) is 11.4 Å². The largest absolute Gasteiger partial charge is 0.369 e. The van der Waals surface area contributed by atoms with Crippen LogP contribution in [0.2, 0.25) is 0 Å². The van der Waals surface area contributed by atoms with E-state index in [1.54, 1.807) is 12.1 Å². The van der Waals surface area contributed by atoms with Gasteiger partial charge in [-0.1, -0.05) is 12.1 Å². The predicted octanol–water partition coefficient (Wildman–Crippen LogP) is 4.59. The Balaban J connectivity index is 1.80. The van der Waals surface area contributed by atoms with Gasteiger partial charge in [-0.05, 0) is 73.7 Å². The molecule has 0 atom stereocenters. The lowest BCUT2D eigenvalue weighted by Crippen LogP contribution is -2.18. The zero-order chi connectivity index (χ0) is 19.4. The number of benzene rings is 2. The van der Waals surface area contributed by atoms with Crippen LogP contribution in [-0.4, -0.2) is 19.0 Å². The van der Waals surface area contributed by atoms with Crippen LogP contribution in [0.15, 0.2) is 42.0 Å². The first-order valence-electron chi connectivity index (χ1n) is 9.02. The summed E-state index contributed by atoms with van der Waals surface area (Å²) in [5.41, 5.74) is 3.67. The predicted molar refractivity (Wildman–Crippen MR) is 106 cm³/mol. The van der Waals surface area contributed by atoms with Crippen molar-refractivity contribution >= 4 is 23.4 Å². The fourth-order valence-corrected chi connectivity index (χ4v) is 3.39. The monoisotopic (exact) mass is 363 g/mol. The average molecular weight is 363 g/mol. The molecule has 5 heteroatoms. The van der Waals surface area contributed by atoms with Gasteiger partial charge >= 0.3 is 0 Å². The van der Waals surface area contributed by atoms with Crippen LogP contribution in [-0.2, 0) is 4.79 Å². The third-order valence-electron chi connectivity index (χ3n) is 4.57. The van der Waals surface area contributed by atoms with Crippen molar-refractivity contribution in [2.75, 3.05) is 23.3 Å². The fraction of sp³-hybridized carbons (Fsp3) is 0.273. The van der Waals surface area contributed by atoms with Crippen molar-refractivity contribution in [3.63, 3.8) is 0 Å². The molecule has 0 unspecified atom stereocenters. The molecule has 1 fully saturated rings. The smallest absolute Gasteiger partial charge is 0.266 e. The van der Waals surface area contributed by atoms with Gasteiger partial charge in [0.2, 0.25) is 0 Å². The average Bonchev–Trinajstić information content (AvgIpc) is 3.13. The van der Waals surface area contributed by atoms with Crippen LogP contribution in [0.4, 0.5) is 15.8 Å². The minimum absolute atomic E-state index is 0.0671.